The summed E-state index contributed by atoms with van der Waals surface area (Å²) in [5.74, 6) is 0.778. The Bertz CT molecular complexity index is 415. The highest BCUT2D eigenvalue weighted by Crippen LogP contribution is 2.39. The zero-order valence-electron chi connectivity index (χ0n) is 12.6. The Hall–Kier alpha value is -1.13. The average Bonchev–Trinajstić information content (AvgIpc) is 2.73. The largest absolute Gasteiger partial charge is 0.492 e. The lowest BCUT2D eigenvalue weighted by Crippen LogP contribution is -2.42. The number of hydrogen-bond donors (Lipinski definition) is 1. The molecule has 0 radical (unpaired) electrons. The van der Waals surface area contributed by atoms with Crippen molar-refractivity contribution in [1.82, 2.24) is 4.98 Å². The molecule has 1 aliphatic rings. The first-order valence-electron chi connectivity index (χ1n) is 7.60. The van der Waals surface area contributed by atoms with Gasteiger partial charge in [0.15, 0.2) is 0 Å². The van der Waals surface area contributed by atoms with Gasteiger partial charge in [0.05, 0.1) is 24.4 Å². The smallest absolute Gasteiger partial charge is 0.137 e. The Morgan fingerprint density at radius 2 is 1.95 bits per heavy atom. The van der Waals surface area contributed by atoms with Crippen molar-refractivity contribution in [3.8, 4) is 5.75 Å². The molecule has 1 aromatic rings. The molecule has 20 heavy (non-hydrogen) atoms. The molecule has 4 nitrogen and oxygen atoms in total. The Labute approximate surface area is 121 Å². The van der Waals surface area contributed by atoms with Crippen LogP contribution < -0.4 is 10.5 Å². The summed E-state index contributed by atoms with van der Waals surface area (Å²) < 4.78 is 11.4. The maximum atomic E-state index is 6.53. The summed E-state index contributed by atoms with van der Waals surface area (Å²) in [7, 11) is 1.78. The topological polar surface area (TPSA) is 57.4 Å². The van der Waals surface area contributed by atoms with Gasteiger partial charge in [0.25, 0.3) is 0 Å². The molecule has 2 N–H and O–H groups in total. The Morgan fingerprint density at radius 1 is 1.25 bits per heavy atom. The normalized spacial score (nSPS) is 20.1. The van der Waals surface area contributed by atoms with Gasteiger partial charge in [-0.2, -0.15) is 0 Å². The number of nitrogens with two attached hydrogens (primary N) is 1. The van der Waals surface area contributed by atoms with Gasteiger partial charge in [0.1, 0.15) is 5.75 Å². The first-order valence-corrected chi connectivity index (χ1v) is 7.60. The van der Waals surface area contributed by atoms with E-state index in [0.717, 1.165) is 24.2 Å². The number of rotatable bonds is 5. The summed E-state index contributed by atoms with van der Waals surface area (Å²) in [6.07, 6.45) is 10.5. The van der Waals surface area contributed by atoms with E-state index in [1.807, 2.05) is 19.2 Å². The molecule has 112 valence electrons. The Balaban J connectivity index is 2.22. The van der Waals surface area contributed by atoms with Crippen LogP contribution in [0.15, 0.2) is 18.5 Å². The monoisotopic (exact) mass is 278 g/mol. The van der Waals surface area contributed by atoms with Crippen LogP contribution in [0.25, 0.3) is 0 Å². The van der Waals surface area contributed by atoms with Crippen molar-refractivity contribution in [2.24, 2.45) is 5.73 Å². The molecule has 1 aromatic heterocycles. The second-order valence-corrected chi connectivity index (χ2v) is 5.55. The molecule has 2 rings (SSSR count). The van der Waals surface area contributed by atoms with E-state index in [1.54, 1.807) is 13.3 Å². The summed E-state index contributed by atoms with van der Waals surface area (Å²) in [5, 5.41) is 0. The quantitative estimate of drug-likeness (QED) is 0.840. The highest BCUT2D eigenvalue weighted by Gasteiger charge is 2.38. The van der Waals surface area contributed by atoms with Crippen LogP contribution in [0.1, 0.15) is 57.1 Å². The molecule has 0 aliphatic heterocycles. The molecule has 1 fully saturated rings. The third kappa shape index (κ3) is 3.30. The molecule has 1 aliphatic carbocycles. The molecular formula is C16H26N2O2. The minimum absolute atomic E-state index is 0.154. The molecule has 4 heteroatoms. The minimum Gasteiger partial charge on any atom is -0.492 e. The zero-order valence-corrected chi connectivity index (χ0v) is 12.6. The van der Waals surface area contributed by atoms with Crippen LogP contribution in [0.2, 0.25) is 0 Å². The van der Waals surface area contributed by atoms with Crippen LogP contribution in [-0.2, 0) is 4.74 Å². The zero-order chi connectivity index (χ0) is 14.4. The number of ether oxygens (including phenoxy) is 2. The number of hydrogen-bond acceptors (Lipinski definition) is 4. The standard InChI is InChI=1S/C16H26N2O2/c1-3-20-14-10-13(11-18-12-14)15(17)16(19-2)8-6-4-5-7-9-16/h10-12,15H,3-9,17H2,1-2H3. The fourth-order valence-corrected chi connectivity index (χ4v) is 3.12. The van der Waals surface area contributed by atoms with Crippen molar-refractivity contribution in [1.29, 1.82) is 0 Å². The van der Waals surface area contributed by atoms with Gasteiger partial charge in [-0.15, -0.1) is 0 Å². The fourth-order valence-electron chi connectivity index (χ4n) is 3.12. The van der Waals surface area contributed by atoms with E-state index in [2.05, 4.69) is 4.98 Å². The molecular weight excluding hydrogens is 252 g/mol. The van der Waals surface area contributed by atoms with E-state index in [-0.39, 0.29) is 11.6 Å². The van der Waals surface area contributed by atoms with Crippen molar-refractivity contribution < 1.29 is 9.47 Å². The Morgan fingerprint density at radius 3 is 2.55 bits per heavy atom. The third-order valence-corrected chi connectivity index (χ3v) is 4.33. The maximum absolute atomic E-state index is 6.53. The summed E-state index contributed by atoms with van der Waals surface area (Å²) in [4.78, 5) is 4.25. The van der Waals surface area contributed by atoms with E-state index in [0.29, 0.717) is 6.61 Å². The molecule has 1 unspecified atom stereocenters. The SMILES string of the molecule is CCOc1cncc(C(N)C2(OC)CCCCCC2)c1. The average molecular weight is 278 g/mol. The Kier molecular flexibility index (Phi) is 5.38. The number of nitrogens with zero attached hydrogens (tertiary/aromatic N) is 1. The van der Waals surface area contributed by atoms with Crippen LogP contribution in [0, 0.1) is 0 Å². The second-order valence-electron chi connectivity index (χ2n) is 5.55. The highest BCUT2D eigenvalue weighted by molar-refractivity contribution is 5.28. The van der Waals surface area contributed by atoms with Crippen LogP contribution >= 0.6 is 0 Å². The molecule has 1 saturated carbocycles. The van der Waals surface area contributed by atoms with E-state index >= 15 is 0 Å². The lowest BCUT2D eigenvalue weighted by Gasteiger charge is -2.37. The lowest BCUT2D eigenvalue weighted by molar-refractivity contribution is -0.0443. The highest BCUT2D eigenvalue weighted by atomic mass is 16.5. The first-order chi connectivity index (χ1) is 9.72. The van der Waals surface area contributed by atoms with Crippen LogP contribution in [0.5, 0.6) is 5.75 Å². The van der Waals surface area contributed by atoms with Crippen molar-refractivity contribution >= 4 is 0 Å². The second kappa shape index (κ2) is 7.04. The van der Waals surface area contributed by atoms with E-state index in [9.17, 15) is 0 Å². The summed E-state index contributed by atoms with van der Waals surface area (Å²) in [6.45, 7) is 2.60. The molecule has 1 atom stereocenters. The first kappa shape index (κ1) is 15.3. The molecule has 0 bridgehead atoms. The van der Waals surface area contributed by atoms with Crippen molar-refractivity contribution in [3.63, 3.8) is 0 Å². The lowest BCUT2D eigenvalue weighted by atomic mass is 9.83. The molecule has 1 heterocycles. The van der Waals surface area contributed by atoms with E-state index in [4.69, 9.17) is 15.2 Å². The van der Waals surface area contributed by atoms with Gasteiger partial charge in [-0.25, -0.2) is 0 Å². The summed E-state index contributed by atoms with van der Waals surface area (Å²) >= 11 is 0. The van der Waals surface area contributed by atoms with Gasteiger partial charge >= 0.3 is 0 Å². The van der Waals surface area contributed by atoms with Gasteiger partial charge in [-0.3, -0.25) is 4.98 Å². The van der Waals surface area contributed by atoms with Gasteiger partial charge in [-0.05, 0) is 31.4 Å². The molecule has 0 aromatic carbocycles. The third-order valence-electron chi connectivity index (χ3n) is 4.33. The van der Waals surface area contributed by atoms with Crippen molar-refractivity contribution in [3.05, 3.63) is 24.0 Å². The van der Waals surface area contributed by atoms with Gasteiger partial charge in [0.2, 0.25) is 0 Å². The molecule has 0 saturated heterocycles. The maximum Gasteiger partial charge on any atom is 0.137 e. The number of aromatic nitrogens is 1. The molecule has 0 spiro atoms. The predicted molar refractivity (Wildman–Crippen MR) is 79.8 cm³/mol. The van der Waals surface area contributed by atoms with Crippen molar-refractivity contribution in [2.75, 3.05) is 13.7 Å². The van der Waals surface area contributed by atoms with Crippen molar-refractivity contribution in [2.45, 2.75) is 57.1 Å². The fraction of sp³-hybridized carbons (Fsp3) is 0.688. The van der Waals surface area contributed by atoms with Gasteiger partial charge < -0.3 is 15.2 Å². The van der Waals surface area contributed by atoms with Crippen LogP contribution in [0.4, 0.5) is 0 Å². The predicted octanol–water partition coefficient (Wildman–Crippen LogP) is 3.22. The minimum atomic E-state index is -0.261. The summed E-state index contributed by atoms with van der Waals surface area (Å²) in [5.41, 5.74) is 7.27. The van der Waals surface area contributed by atoms with E-state index in [1.165, 1.54) is 25.7 Å². The van der Waals surface area contributed by atoms with Gasteiger partial charge in [-0.1, -0.05) is 25.7 Å². The van der Waals surface area contributed by atoms with Crippen LogP contribution in [0.3, 0.4) is 0 Å². The summed E-state index contributed by atoms with van der Waals surface area (Å²) in [6, 6.07) is 1.84. The number of methoxy groups -OCH3 is 1. The van der Waals surface area contributed by atoms with Gasteiger partial charge in [0, 0.05) is 13.3 Å². The molecule has 0 amide bonds. The van der Waals surface area contributed by atoms with E-state index < -0.39 is 0 Å². The number of pyridine rings is 1. The van der Waals surface area contributed by atoms with Crippen LogP contribution in [-0.4, -0.2) is 24.3 Å².